The molecule has 1 amide bonds. The SMILES string of the molecule is C=C[C@@H](C)[C@@H](NC(=O)C(F)(F)F)C(=O)OC. The lowest BCUT2D eigenvalue weighted by molar-refractivity contribution is -0.176. The summed E-state index contributed by atoms with van der Waals surface area (Å²) in [5.41, 5.74) is 0. The van der Waals surface area contributed by atoms with E-state index in [0.29, 0.717) is 0 Å². The van der Waals surface area contributed by atoms with Gasteiger partial charge in [-0.15, -0.1) is 6.58 Å². The molecule has 0 unspecified atom stereocenters. The van der Waals surface area contributed by atoms with E-state index in [1.54, 1.807) is 5.32 Å². The Morgan fingerprint density at radius 2 is 1.94 bits per heavy atom. The molecule has 0 saturated carbocycles. The quantitative estimate of drug-likeness (QED) is 0.588. The summed E-state index contributed by atoms with van der Waals surface area (Å²) < 4.78 is 40.1. The molecule has 0 fully saturated rings. The predicted molar refractivity (Wildman–Crippen MR) is 49.4 cm³/mol. The van der Waals surface area contributed by atoms with Crippen molar-refractivity contribution < 1.29 is 27.5 Å². The molecular formula is C9H12F3NO3. The van der Waals surface area contributed by atoms with Crippen molar-refractivity contribution in [3.63, 3.8) is 0 Å². The number of esters is 1. The largest absolute Gasteiger partial charge is 0.471 e. The Hall–Kier alpha value is -1.53. The van der Waals surface area contributed by atoms with Gasteiger partial charge in [-0.1, -0.05) is 13.0 Å². The van der Waals surface area contributed by atoms with Crippen LogP contribution in [-0.2, 0) is 14.3 Å². The van der Waals surface area contributed by atoms with E-state index in [-0.39, 0.29) is 0 Å². The van der Waals surface area contributed by atoms with Gasteiger partial charge in [0.1, 0.15) is 6.04 Å². The molecule has 92 valence electrons. The second-order valence-corrected chi connectivity index (χ2v) is 3.07. The summed E-state index contributed by atoms with van der Waals surface area (Å²) in [5, 5.41) is 1.55. The zero-order valence-corrected chi connectivity index (χ0v) is 8.80. The first-order valence-corrected chi connectivity index (χ1v) is 4.32. The van der Waals surface area contributed by atoms with Crippen LogP contribution in [0.4, 0.5) is 13.2 Å². The van der Waals surface area contributed by atoms with E-state index in [4.69, 9.17) is 0 Å². The average Bonchev–Trinajstić information content (AvgIpc) is 2.21. The summed E-state index contributed by atoms with van der Waals surface area (Å²) >= 11 is 0. The van der Waals surface area contributed by atoms with Crippen LogP contribution in [0.5, 0.6) is 0 Å². The first kappa shape index (κ1) is 14.5. The second-order valence-electron chi connectivity index (χ2n) is 3.07. The zero-order chi connectivity index (χ0) is 12.9. The minimum absolute atomic E-state index is 0.668. The number of amides is 1. The normalized spacial score (nSPS) is 14.8. The minimum Gasteiger partial charge on any atom is -0.467 e. The Morgan fingerprint density at radius 1 is 1.44 bits per heavy atom. The molecule has 0 saturated heterocycles. The molecule has 16 heavy (non-hydrogen) atoms. The third-order valence-corrected chi connectivity index (χ3v) is 1.90. The van der Waals surface area contributed by atoms with Crippen molar-refractivity contribution >= 4 is 11.9 Å². The summed E-state index contributed by atoms with van der Waals surface area (Å²) in [4.78, 5) is 21.8. The number of halogens is 3. The number of hydrogen-bond acceptors (Lipinski definition) is 3. The van der Waals surface area contributed by atoms with Crippen molar-refractivity contribution in [1.82, 2.24) is 5.32 Å². The summed E-state index contributed by atoms with van der Waals surface area (Å²) in [6.07, 6.45) is -3.79. The molecule has 0 bridgehead atoms. The number of methoxy groups -OCH3 is 1. The first-order chi connectivity index (χ1) is 7.23. The third-order valence-electron chi connectivity index (χ3n) is 1.90. The van der Waals surface area contributed by atoms with Crippen molar-refractivity contribution in [2.45, 2.75) is 19.1 Å². The minimum atomic E-state index is -5.03. The highest BCUT2D eigenvalue weighted by molar-refractivity contribution is 5.87. The van der Waals surface area contributed by atoms with Crippen LogP contribution in [0.2, 0.25) is 0 Å². The molecular weight excluding hydrogens is 227 g/mol. The smallest absolute Gasteiger partial charge is 0.467 e. The van der Waals surface area contributed by atoms with Crippen LogP contribution < -0.4 is 5.32 Å². The molecule has 0 heterocycles. The van der Waals surface area contributed by atoms with E-state index in [1.807, 2.05) is 0 Å². The van der Waals surface area contributed by atoms with E-state index >= 15 is 0 Å². The molecule has 0 spiro atoms. The number of hydrogen-bond donors (Lipinski definition) is 1. The Bertz CT molecular complexity index is 288. The summed E-state index contributed by atoms with van der Waals surface area (Å²) in [7, 11) is 1.02. The highest BCUT2D eigenvalue weighted by Crippen LogP contribution is 2.16. The van der Waals surface area contributed by atoms with Gasteiger partial charge in [-0.3, -0.25) is 4.79 Å². The molecule has 0 aromatic carbocycles. The van der Waals surface area contributed by atoms with Gasteiger partial charge in [0.2, 0.25) is 0 Å². The number of ether oxygens (including phenoxy) is 1. The van der Waals surface area contributed by atoms with Crippen molar-refractivity contribution in [2.24, 2.45) is 5.92 Å². The first-order valence-electron chi connectivity index (χ1n) is 4.32. The van der Waals surface area contributed by atoms with E-state index in [0.717, 1.165) is 7.11 Å². The number of carbonyl (C=O) groups is 2. The molecule has 0 aromatic rings. The third kappa shape index (κ3) is 3.92. The fraction of sp³-hybridized carbons (Fsp3) is 0.556. The molecule has 0 aromatic heterocycles. The van der Waals surface area contributed by atoms with E-state index in [2.05, 4.69) is 11.3 Å². The van der Waals surface area contributed by atoms with Crippen LogP contribution in [0.15, 0.2) is 12.7 Å². The van der Waals surface area contributed by atoms with Crippen molar-refractivity contribution in [3.8, 4) is 0 Å². The number of nitrogens with one attached hydrogen (secondary N) is 1. The van der Waals surface area contributed by atoms with Gasteiger partial charge in [-0.05, 0) is 0 Å². The van der Waals surface area contributed by atoms with Gasteiger partial charge in [0, 0.05) is 5.92 Å². The van der Waals surface area contributed by atoms with E-state index in [9.17, 15) is 22.8 Å². The van der Waals surface area contributed by atoms with Crippen LogP contribution in [0.25, 0.3) is 0 Å². The Balaban J connectivity index is 4.75. The maximum absolute atomic E-state index is 12.0. The monoisotopic (exact) mass is 239 g/mol. The van der Waals surface area contributed by atoms with Gasteiger partial charge in [-0.25, -0.2) is 4.79 Å². The maximum atomic E-state index is 12.0. The van der Waals surface area contributed by atoms with Gasteiger partial charge in [0.25, 0.3) is 0 Å². The zero-order valence-electron chi connectivity index (χ0n) is 8.80. The molecule has 0 rings (SSSR count). The standard InChI is InChI=1S/C9H12F3NO3/c1-4-5(2)6(7(14)16-3)13-8(15)9(10,11)12/h4-6H,1H2,2-3H3,(H,13,15)/t5-,6-/m1/s1. The number of rotatable bonds is 4. The van der Waals surface area contributed by atoms with Crippen molar-refractivity contribution in [2.75, 3.05) is 7.11 Å². The molecule has 7 heteroatoms. The summed E-state index contributed by atoms with van der Waals surface area (Å²) in [6, 6.07) is -1.39. The van der Waals surface area contributed by atoms with Crippen molar-refractivity contribution in [3.05, 3.63) is 12.7 Å². The Labute approximate surface area is 90.5 Å². The van der Waals surface area contributed by atoms with Gasteiger partial charge in [0.15, 0.2) is 0 Å². The maximum Gasteiger partial charge on any atom is 0.471 e. The van der Waals surface area contributed by atoms with Crippen LogP contribution in [0, 0.1) is 5.92 Å². The van der Waals surface area contributed by atoms with Gasteiger partial charge >= 0.3 is 18.1 Å². The van der Waals surface area contributed by atoms with E-state index < -0.39 is 30.0 Å². The molecule has 0 aliphatic rings. The van der Waals surface area contributed by atoms with Gasteiger partial charge in [0.05, 0.1) is 7.11 Å². The number of carbonyl (C=O) groups excluding carboxylic acids is 2. The lowest BCUT2D eigenvalue weighted by Crippen LogP contribution is -2.49. The predicted octanol–water partition coefficient (Wildman–Crippen LogP) is 1.03. The Kier molecular flexibility index (Phi) is 5.00. The van der Waals surface area contributed by atoms with Crippen LogP contribution in [0.3, 0.4) is 0 Å². The molecule has 0 aliphatic heterocycles. The Morgan fingerprint density at radius 3 is 2.25 bits per heavy atom. The van der Waals surface area contributed by atoms with Gasteiger partial charge < -0.3 is 10.1 Å². The summed E-state index contributed by atoms with van der Waals surface area (Å²) in [6.45, 7) is 4.76. The van der Waals surface area contributed by atoms with Crippen molar-refractivity contribution in [1.29, 1.82) is 0 Å². The lowest BCUT2D eigenvalue weighted by Gasteiger charge is -2.20. The fourth-order valence-corrected chi connectivity index (χ4v) is 0.891. The van der Waals surface area contributed by atoms with Crippen LogP contribution in [0.1, 0.15) is 6.92 Å². The highest BCUT2D eigenvalue weighted by atomic mass is 19.4. The summed E-state index contributed by atoms with van der Waals surface area (Å²) in [5.74, 6) is -3.81. The average molecular weight is 239 g/mol. The highest BCUT2D eigenvalue weighted by Gasteiger charge is 2.41. The fourth-order valence-electron chi connectivity index (χ4n) is 0.891. The molecule has 4 nitrogen and oxygen atoms in total. The lowest BCUT2D eigenvalue weighted by atomic mass is 10.0. The molecule has 0 radical (unpaired) electrons. The van der Waals surface area contributed by atoms with E-state index in [1.165, 1.54) is 13.0 Å². The second kappa shape index (κ2) is 5.53. The van der Waals surface area contributed by atoms with Crippen LogP contribution >= 0.6 is 0 Å². The van der Waals surface area contributed by atoms with Gasteiger partial charge in [-0.2, -0.15) is 13.2 Å². The topological polar surface area (TPSA) is 55.4 Å². The molecule has 0 aliphatic carbocycles. The number of alkyl halides is 3. The van der Waals surface area contributed by atoms with Crippen LogP contribution in [-0.4, -0.2) is 31.2 Å². The molecule has 2 atom stereocenters. The molecule has 1 N–H and O–H groups in total.